The Morgan fingerprint density at radius 2 is 1.55 bits per heavy atom. The van der Waals surface area contributed by atoms with E-state index in [4.69, 9.17) is 23.2 Å². The molecular weight excluding hydrogens is 500 g/mol. The normalized spacial score (nSPS) is 19.5. The molecule has 2 aromatic rings. The van der Waals surface area contributed by atoms with Gasteiger partial charge >= 0.3 is 0 Å². The third-order valence-electron chi connectivity index (χ3n) is 6.51. The first-order valence-electron chi connectivity index (χ1n) is 11.3. The minimum atomic E-state index is 0. The lowest BCUT2D eigenvalue weighted by atomic mass is 9.99. The van der Waals surface area contributed by atoms with Crippen LogP contribution >= 0.6 is 48.0 Å². The molecule has 1 amide bonds. The summed E-state index contributed by atoms with van der Waals surface area (Å²) < 4.78 is 0. The minimum absolute atomic E-state index is 0. The first kappa shape index (κ1) is 28.2. The van der Waals surface area contributed by atoms with Crippen molar-refractivity contribution in [1.29, 1.82) is 0 Å². The molecule has 0 aromatic heterocycles. The molecule has 2 aromatic carbocycles. The van der Waals surface area contributed by atoms with Crippen LogP contribution in [0.4, 0.5) is 0 Å². The van der Waals surface area contributed by atoms with E-state index in [-0.39, 0.29) is 30.7 Å². The number of benzene rings is 2. The average molecular weight is 533 g/mol. The van der Waals surface area contributed by atoms with Crippen LogP contribution < -0.4 is 0 Å². The summed E-state index contributed by atoms with van der Waals surface area (Å²) in [6, 6.07) is 14.2. The van der Waals surface area contributed by atoms with Crippen molar-refractivity contribution in [2.75, 3.05) is 39.3 Å². The Morgan fingerprint density at radius 3 is 2.21 bits per heavy atom. The Labute approximate surface area is 220 Å². The second-order valence-electron chi connectivity index (χ2n) is 8.84. The topological polar surface area (TPSA) is 26.8 Å². The van der Waals surface area contributed by atoms with Gasteiger partial charge in [0.15, 0.2) is 0 Å². The van der Waals surface area contributed by atoms with Gasteiger partial charge in [0.1, 0.15) is 0 Å². The molecule has 33 heavy (non-hydrogen) atoms. The summed E-state index contributed by atoms with van der Waals surface area (Å²) in [6.45, 7) is 8.91. The summed E-state index contributed by atoms with van der Waals surface area (Å²) in [6.07, 6.45) is 3.41. The molecular formula is C25H33Cl4N3O. The van der Waals surface area contributed by atoms with Gasteiger partial charge in [-0.25, -0.2) is 0 Å². The standard InChI is InChI=1S/C25H31Cl2N3O.2ClH/c1-19-5-8-21(9-6-19)25(31)30-11-3-2-4-22(30)18-29-14-12-28(13-15-29)17-20-7-10-23(26)24(27)16-20;;/h5-10,16,22H,2-4,11-15,17-18H2,1H3;2*1H. The molecule has 0 N–H and O–H groups in total. The smallest absolute Gasteiger partial charge is 0.254 e. The number of piperazine rings is 1. The molecule has 0 spiro atoms. The van der Waals surface area contributed by atoms with Crippen LogP contribution in [0.25, 0.3) is 0 Å². The second-order valence-corrected chi connectivity index (χ2v) is 9.65. The van der Waals surface area contributed by atoms with Crippen molar-refractivity contribution in [3.63, 3.8) is 0 Å². The van der Waals surface area contributed by atoms with Crippen LogP contribution in [-0.4, -0.2) is 65.9 Å². The number of halogens is 4. The third-order valence-corrected chi connectivity index (χ3v) is 7.25. The molecule has 1 atom stereocenters. The zero-order chi connectivity index (χ0) is 21.8. The first-order valence-corrected chi connectivity index (χ1v) is 12.0. The van der Waals surface area contributed by atoms with E-state index in [0.717, 1.165) is 64.2 Å². The van der Waals surface area contributed by atoms with E-state index in [9.17, 15) is 4.79 Å². The predicted octanol–water partition coefficient (Wildman–Crippen LogP) is 5.96. The Hall–Kier alpha value is -1.01. The van der Waals surface area contributed by atoms with E-state index in [0.29, 0.717) is 16.1 Å². The largest absolute Gasteiger partial charge is 0.334 e. The number of rotatable bonds is 5. The molecule has 2 fully saturated rings. The summed E-state index contributed by atoms with van der Waals surface area (Å²) >= 11 is 12.2. The Kier molecular flexibility index (Phi) is 11.3. The fourth-order valence-electron chi connectivity index (χ4n) is 4.64. The van der Waals surface area contributed by atoms with Crippen molar-refractivity contribution in [2.24, 2.45) is 0 Å². The van der Waals surface area contributed by atoms with Crippen LogP contribution in [0.1, 0.15) is 40.7 Å². The fraction of sp³-hybridized carbons (Fsp3) is 0.480. The monoisotopic (exact) mass is 531 g/mol. The predicted molar refractivity (Wildman–Crippen MR) is 143 cm³/mol. The van der Waals surface area contributed by atoms with Crippen molar-refractivity contribution in [3.8, 4) is 0 Å². The van der Waals surface area contributed by atoms with Crippen molar-refractivity contribution in [3.05, 3.63) is 69.2 Å². The van der Waals surface area contributed by atoms with E-state index in [1.807, 2.05) is 36.4 Å². The van der Waals surface area contributed by atoms with Gasteiger partial charge in [0.05, 0.1) is 10.0 Å². The lowest BCUT2D eigenvalue weighted by molar-refractivity contribution is 0.0473. The van der Waals surface area contributed by atoms with Gasteiger partial charge in [-0.05, 0) is 56.0 Å². The number of amides is 1. The molecule has 182 valence electrons. The highest BCUT2D eigenvalue weighted by Crippen LogP contribution is 2.24. The van der Waals surface area contributed by atoms with Gasteiger partial charge in [0, 0.05) is 57.4 Å². The SMILES string of the molecule is Cc1ccc(C(=O)N2CCCCC2CN2CCN(Cc3ccc(Cl)c(Cl)c3)CC2)cc1.Cl.Cl. The van der Waals surface area contributed by atoms with Crippen LogP contribution in [0, 0.1) is 6.92 Å². The number of hydrogen-bond acceptors (Lipinski definition) is 3. The number of carbonyl (C=O) groups is 1. The first-order chi connectivity index (χ1) is 15.0. The highest BCUT2D eigenvalue weighted by molar-refractivity contribution is 6.42. The second kappa shape index (κ2) is 13.2. The quantitative estimate of drug-likeness (QED) is 0.475. The Balaban J connectivity index is 0.00000193. The third kappa shape index (κ3) is 7.48. The van der Waals surface area contributed by atoms with Crippen molar-refractivity contribution in [2.45, 2.75) is 38.8 Å². The van der Waals surface area contributed by atoms with Crippen molar-refractivity contribution >= 4 is 53.9 Å². The maximum Gasteiger partial charge on any atom is 0.254 e. The number of hydrogen-bond donors (Lipinski definition) is 0. The van der Waals surface area contributed by atoms with E-state index >= 15 is 0 Å². The summed E-state index contributed by atoms with van der Waals surface area (Å²) in [5.74, 6) is 0.183. The lowest BCUT2D eigenvalue weighted by Gasteiger charge is -2.41. The number of nitrogens with zero attached hydrogens (tertiary/aromatic N) is 3. The molecule has 4 rings (SSSR count). The zero-order valence-corrected chi connectivity index (χ0v) is 22.2. The summed E-state index contributed by atoms with van der Waals surface area (Å²) in [4.78, 5) is 20.3. The van der Waals surface area contributed by atoms with Crippen LogP contribution in [-0.2, 0) is 6.54 Å². The molecule has 8 heteroatoms. The van der Waals surface area contributed by atoms with Crippen LogP contribution in [0.15, 0.2) is 42.5 Å². The molecule has 1 unspecified atom stereocenters. The van der Waals surface area contributed by atoms with Gasteiger partial charge in [0.25, 0.3) is 5.91 Å². The van der Waals surface area contributed by atoms with Crippen molar-refractivity contribution in [1.82, 2.24) is 14.7 Å². The van der Waals surface area contributed by atoms with Gasteiger partial charge in [-0.1, -0.05) is 47.0 Å². The van der Waals surface area contributed by atoms with E-state index in [1.54, 1.807) is 0 Å². The molecule has 0 radical (unpaired) electrons. The lowest BCUT2D eigenvalue weighted by Crippen LogP contribution is -2.53. The summed E-state index contributed by atoms with van der Waals surface area (Å²) in [7, 11) is 0. The highest BCUT2D eigenvalue weighted by atomic mass is 35.5. The van der Waals surface area contributed by atoms with E-state index in [1.165, 1.54) is 17.5 Å². The van der Waals surface area contributed by atoms with Crippen LogP contribution in [0.2, 0.25) is 10.0 Å². The molecule has 0 aliphatic carbocycles. The van der Waals surface area contributed by atoms with Gasteiger partial charge in [-0.3, -0.25) is 14.6 Å². The minimum Gasteiger partial charge on any atom is -0.334 e. The molecule has 2 aliphatic rings. The van der Waals surface area contributed by atoms with Crippen LogP contribution in [0.5, 0.6) is 0 Å². The summed E-state index contributed by atoms with van der Waals surface area (Å²) in [5.41, 5.74) is 3.19. The molecule has 0 saturated carbocycles. The van der Waals surface area contributed by atoms with Crippen LogP contribution in [0.3, 0.4) is 0 Å². The maximum absolute atomic E-state index is 13.1. The fourth-order valence-corrected chi connectivity index (χ4v) is 4.96. The highest BCUT2D eigenvalue weighted by Gasteiger charge is 2.30. The van der Waals surface area contributed by atoms with Crippen molar-refractivity contribution < 1.29 is 4.79 Å². The average Bonchev–Trinajstić information content (AvgIpc) is 2.78. The number of likely N-dealkylation sites (tertiary alicyclic amines) is 1. The Bertz CT molecular complexity index is 901. The summed E-state index contributed by atoms with van der Waals surface area (Å²) in [5, 5.41) is 1.22. The molecule has 4 nitrogen and oxygen atoms in total. The van der Waals surface area contributed by atoms with E-state index < -0.39 is 0 Å². The number of carbonyl (C=O) groups excluding carboxylic acids is 1. The molecule has 2 heterocycles. The Morgan fingerprint density at radius 1 is 0.879 bits per heavy atom. The van der Waals surface area contributed by atoms with Gasteiger partial charge in [-0.15, -0.1) is 24.8 Å². The number of piperidine rings is 1. The molecule has 2 saturated heterocycles. The maximum atomic E-state index is 13.1. The molecule has 2 aliphatic heterocycles. The van der Waals surface area contributed by atoms with E-state index in [2.05, 4.69) is 27.7 Å². The van der Waals surface area contributed by atoms with Gasteiger partial charge < -0.3 is 4.90 Å². The van der Waals surface area contributed by atoms with Gasteiger partial charge in [-0.2, -0.15) is 0 Å². The number of aryl methyl sites for hydroxylation is 1. The van der Waals surface area contributed by atoms with Gasteiger partial charge in [0.2, 0.25) is 0 Å². The zero-order valence-electron chi connectivity index (χ0n) is 19.0. The molecule has 0 bridgehead atoms.